The van der Waals surface area contributed by atoms with E-state index in [1.54, 1.807) is 0 Å². The van der Waals surface area contributed by atoms with Crippen molar-refractivity contribution in [1.29, 1.82) is 0 Å². The van der Waals surface area contributed by atoms with E-state index in [1.807, 2.05) is 0 Å². The lowest BCUT2D eigenvalue weighted by molar-refractivity contribution is -0.402. The molecule has 1 heterocycles. The molecule has 0 radical (unpaired) electrons. The van der Waals surface area contributed by atoms with Crippen molar-refractivity contribution >= 4 is 23.8 Å². The largest absolute Gasteiger partial charge is 0.449 e. The molecule has 1 atom stereocenters. The molecule has 1 aliphatic carbocycles. The van der Waals surface area contributed by atoms with E-state index < -0.39 is 22.9 Å². The summed E-state index contributed by atoms with van der Waals surface area (Å²) in [5.41, 5.74) is 0. The van der Waals surface area contributed by atoms with Crippen molar-refractivity contribution in [3.63, 3.8) is 0 Å². The number of rotatable bonds is 6. The molecule has 2 rings (SSSR count). The second-order valence-corrected chi connectivity index (χ2v) is 5.34. The van der Waals surface area contributed by atoms with E-state index in [-0.39, 0.29) is 17.7 Å². The van der Waals surface area contributed by atoms with E-state index in [2.05, 4.69) is 5.32 Å². The number of hydrogen-bond acceptors (Lipinski definition) is 6. The zero-order valence-corrected chi connectivity index (χ0v) is 12.7. The smallest absolute Gasteiger partial charge is 0.433 e. The topological polar surface area (TPSA) is 112 Å². The first-order chi connectivity index (χ1) is 11.0. The van der Waals surface area contributed by atoms with Gasteiger partial charge in [-0.25, -0.2) is 4.79 Å². The fourth-order valence-corrected chi connectivity index (χ4v) is 2.34. The molecular formula is C15H18N2O6. The predicted molar refractivity (Wildman–Crippen MR) is 80.3 cm³/mol. The second kappa shape index (κ2) is 7.57. The van der Waals surface area contributed by atoms with Gasteiger partial charge in [-0.2, -0.15) is 0 Å². The van der Waals surface area contributed by atoms with Crippen LogP contribution >= 0.6 is 0 Å². The van der Waals surface area contributed by atoms with Gasteiger partial charge in [0.25, 0.3) is 5.91 Å². The molecule has 0 bridgehead atoms. The quantitative estimate of drug-likeness (QED) is 0.372. The Morgan fingerprint density at radius 3 is 2.74 bits per heavy atom. The van der Waals surface area contributed by atoms with Crippen molar-refractivity contribution in [1.82, 2.24) is 5.32 Å². The number of ether oxygens (including phenoxy) is 1. The van der Waals surface area contributed by atoms with Crippen LogP contribution in [0.15, 0.2) is 22.6 Å². The Labute approximate surface area is 132 Å². The van der Waals surface area contributed by atoms with Gasteiger partial charge in [0.2, 0.25) is 0 Å². The van der Waals surface area contributed by atoms with E-state index >= 15 is 0 Å². The van der Waals surface area contributed by atoms with Gasteiger partial charge in [0, 0.05) is 12.1 Å². The maximum Gasteiger partial charge on any atom is 0.433 e. The molecule has 0 spiro atoms. The molecule has 1 saturated carbocycles. The van der Waals surface area contributed by atoms with Crippen molar-refractivity contribution in [2.75, 3.05) is 0 Å². The van der Waals surface area contributed by atoms with Crippen molar-refractivity contribution in [3.8, 4) is 0 Å². The van der Waals surface area contributed by atoms with Crippen LogP contribution in [0.5, 0.6) is 0 Å². The molecule has 1 aromatic heterocycles. The first-order valence-electron chi connectivity index (χ1n) is 7.39. The first-order valence-corrected chi connectivity index (χ1v) is 7.39. The Hall–Kier alpha value is -2.64. The predicted octanol–water partition coefficient (Wildman–Crippen LogP) is 2.19. The Balaban J connectivity index is 1.81. The van der Waals surface area contributed by atoms with E-state index in [9.17, 15) is 19.7 Å². The van der Waals surface area contributed by atoms with E-state index in [4.69, 9.17) is 9.15 Å². The van der Waals surface area contributed by atoms with Crippen LogP contribution < -0.4 is 5.32 Å². The van der Waals surface area contributed by atoms with Crippen molar-refractivity contribution in [3.05, 3.63) is 34.1 Å². The second-order valence-electron chi connectivity index (χ2n) is 5.34. The average molecular weight is 322 g/mol. The number of carbonyl (C=O) groups is 2. The number of hydrogen-bond donors (Lipinski definition) is 1. The van der Waals surface area contributed by atoms with Crippen LogP contribution in [0.2, 0.25) is 0 Å². The van der Waals surface area contributed by atoms with Crippen LogP contribution in [0.3, 0.4) is 0 Å². The van der Waals surface area contributed by atoms with Gasteiger partial charge in [0.05, 0.1) is 6.07 Å². The number of nitrogens with zero attached hydrogens (tertiary/aromatic N) is 1. The molecule has 8 nitrogen and oxygen atoms in total. The molecule has 0 saturated heterocycles. The number of nitrogens with one attached hydrogen (secondary N) is 1. The van der Waals surface area contributed by atoms with Crippen molar-refractivity contribution in [2.45, 2.75) is 44.8 Å². The monoisotopic (exact) mass is 322 g/mol. The SMILES string of the molecule is C[C@H](OC(=O)/C=C/c1ccc([N+](=O)[O-])o1)C(=O)NC1CCCC1. The summed E-state index contributed by atoms with van der Waals surface area (Å²) in [6.07, 6.45) is 5.49. The molecule has 1 N–H and O–H groups in total. The number of amides is 1. The van der Waals surface area contributed by atoms with Crippen LogP contribution in [-0.4, -0.2) is 28.9 Å². The summed E-state index contributed by atoms with van der Waals surface area (Å²) in [5.74, 6) is -1.32. The van der Waals surface area contributed by atoms with Gasteiger partial charge in [0.15, 0.2) is 6.10 Å². The molecule has 124 valence electrons. The molecule has 8 heteroatoms. The molecule has 1 fully saturated rings. The number of esters is 1. The Morgan fingerprint density at radius 2 is 2.13 bits per heavy atom. The van der Waals surface area contributed by atoms with Crippen molar-refractivity contribution in [2.24, 2.45) is 0 Å². The lowest BCUT2D eigenvalue weighted by Crippen LogP contribution is -2.40. The Morgan fingerprint density at radius 1 is 1.43 bits per heavy atom. The van der Waals surface area contributed by atoms with Crippen LogP contribution in [0.25, 0.3) is 6.08 Å². The zero-order valence-electron chi connectivity index (χ0n) is 12.7. The van der Waals surface area contributed by atoms with Gasteiger partial charge in [-0.15, -0.1) is 0 Å². The van der Waals surface area contributed by atoms with E-state index in [0.717, 1.165) is 31.8 Å². The fourth-order valence-electron chi connectivity index (χ4n) is 2.34. The highest BCUT2D eigenvalue weighted by molar-refractivity contribution is 5.90. The van der Waals surface area contributed by atoms with Gasteiger partial charge in [-0.3, -0.25) is 14.9 Å². The first kappa shape index (κ1) is 16.7. The summed E-state index contributed by atoms with van der Waals surface area (Å²) in [6, 6.07) is 2.70. The lowest BCUT2D eigenvalue weighted by Gasteiger charge is -2.16. The van der Waals surface area contributed by atoms with Gasteiger partial charge >= 0.3 is 11.9 Å². The fraction of sp³-hybridized carbons (Fsp3) is 0.467. The molecular weight excluding hydrogens is 304 g/mol. The minimum atomic E-state index is -0.904. The highest BCUT2D eigenvalue weighted by Gasteiger charge is 2.22. The molecule has 23 heavy (non-hydrogen) atoms. The van der Waals surface area contributed by atoms with Gasteiger partial charge < -0.3 is 14.5 Å². The van der Waals surface area contributed by atoms with Gasteiger partial charge in [0.1, 0.15) is 10.7 Å². The minimum Gasteiger partial charge on any atom is -0.449 e. The van der Waals surface area contributed by atoms with Gasteiger partial charge in [-0.1, -0.05) is 12.8 Å². The lowest BCUT2D eigenvalue weighted by atomic mass is 10.2. The zero-order chi connectivity index (χ0) is 16.8. The third-order valence-corrected chi connectivity index (χ3v) is 3.54. The van der Waals surface area contributed by atoms with Crippen LogP contribution in [0.4, 0.5) is 5.88 Å². The van der Waals surface area contributed by atoms with Gasteiger partial charge in [-0.05, 0) is 31.9 Å². The standard InChI is InChI=1S/C15H18N2O6/c1-10(15(19)16-11-4-2-3-5-11)22-14(18)9-7-12-6-8-13(23-12)17(20)21/h6-11H,2-5H2,1H3,(H,16,19)/b9-7+/t10-/m0/s1. The highest BCUT2D eigenvalue weighted by atomic mass is 16.6. The summed E-state index contributed by atoms with van der Waals surface area (Å²) >= 11 is 0. The maximum absolute atomic E-state index is 11.9. The van der Waals surface area contributed by atoms with Crippen LogP contribution in [-0.2, 0) is 14.3 Å². The third kappa shape index (κ3) is 4.94. The molecule has 0 unspecified atom stereocenters. The highest BCUT2D eigenvalue weighted by Crippen LogP contribution is 2.18. The summed E-state index contributed by atoms with van der Waals surface area (Å²) in [4.78, 5) is 33.3. The molecule has 1 aromatic rings. The maximum atomic E-state index is 11.9. The van der Waals surface area contributed by atoms with Crippen molar-refractivity contribution < 1.29 is 23.7 Å². The Kier molecular flexibility index (Phi) is 5.51. The molecule has 1 amide bonds. The summed E-state index contributed by atoms with van der Waals surface area (Å²) < 4.78 is 9.85. The van der Waals surface area contributed by atoms with E-state index in [0.29, 0.717) is 0 Å². The normalized spacial score (nSPS) is 16.4. The summed E-state index contributed by atoms with van der Waals surface area (Å²) in [6.45, 7) is 1.49. The number of carbonyl (C=O) groups excluding carboxylic acids is 2. The van der Waals surface area contributed by atoms with Crippen LogP contribution in [0, 0.1) is 10.1 Å². The third-order valence-electron chi connectivity index (χ3n) is 3.54. The Bertz CT molecular complexity index is 615. The van der Waals surface area contributed by atoms with E-state index in [1.165, 1.54) is 25.1 Å². The summed E-state index contributed by atoms with van der Waals surface area (Å²) in [7, 11) is 0. The minimum absolute atomic E-state index is 0.150. The number of furan rings is 1. The molecule has 0 aliphatic heterocycles. The average Bonchev–Trinajstić information content (AvgIpc) is 3.16. The number of nitro groups is 1. The molecule has 1 aliphatic rings. The summed E-state index contributed by atoms with van der Waals surface area (Å²) in [5, 5.41) is 13.3. The van der Waals surface area contributed by atoms with Crippen LogP contribution in [0.1, 0.15) is 38.4 Å². The molecule has 0 aromatic carbocycles.